The van der Waals surface area contributed by atoms with Crippen LogP contribution in [-0.2, 0) is 0 Å². The monoisotopic (exact) mass is 282 g/mol. The molecule has 0 radical (unpaired) electrons. The van der Waals surface area contributed by atoms with Gasteiger partial charge in [-0.25, -0.2) is 9.36 Å². The molecule has 1 heterocycles. The number of oxazole rings is 1. The summed E-state index contributed by atoms with van der Waals surface area (Å²) in [5.74, 6) is -0.922. The number of carbonyl (C=O) groups is 1. The second kappa shape index (κ2) is 5.66. The molecule has 3 aromatic rings. The Bertz CT molecular complexity index is 818. The molecule has 0 saturated carbocycles. The van der Waals surface area contributed by atoms with E-state index in [0.717, 1.165) is 10.3 Å². The zero-order chi connectivity index (χ0) is 14.7. The summed E-state index contributed by atoms with van der Waals surface area (Å²) in [6.45, 7) is 0.453. The number of hydrogen-bond acceptors (Lipinski definition) is 4. The predicted molar refractivity (Wildman–Crippen MR) is 80.6 cm³/mol. The fourth-order valence-corrected chi connectivity index (χ4v) is 2.18. The largest absolute Gasteiger partial charge is 0.426 e. The van der Waals surface area contributed by atoms with E-state index in [0.29, 0.717) is 17.6 Å². The van der Waals surface area contributed by atoms with Crippen molar-refractivity contribution in [3.05, 3.63) is 65.1 Å². The van der Waals surface area contributed by atoms with Crippen molar-refractivity contribution in [2.24, 2.45) is 0 Å². The maximum Gasteiger partial charge on any atom is 0.426 e. The van der Waals surface area contributed by atoms with Crippen LogP contribution in [0.25, 0.3) is 11.1 Å². The molecule has 0 aliphatic rings. The quantitative estimate of drug-likeness (QED) is 0.799. The standard InChI is InChI=1S/C16H14N2O3/c19-15(10-11-17-12-6-2-1-3-7-12)18-13-8-4-5-9-14(13)21-16(18)20/h1-9,17H,10-11H2. The minimum Gasteiger partial charge on any atom is -0.407 e. The number of aromatic nitrogens is 1. The molecular formula is C16H14N2O3. The molecular weight excluding hydrogens is 268 g/mol. The number of para-hydroxylation sites is 3. The molecule has 0 aliphatic carbocycles. The van der Waals surface area contributed by atoms with E-state index >= 15 is 0 Å². The van der Waals surface area contributed by atoms with Gasteiger partial charge in [-0.3, -0.25) is 4.79 Å². The molecule has 0 atom stereocenters. The first kappa shape index (κ1) is 13.2. The van der Waals surface area contributed by atoms with Crippen molar-refractivity contribution in [2.45, 2.75) is 6.42 Å². The van der Waals surface area contributed by atoms with Gasteiger partial charge in [0.2, 0.25) is 5.91 Å². The summed E-state index contributed by atoms with van der Waals surface area (Å²) < 4.78 is 6.14. The third-order valence-electron chi connectivity index (χ3n) is 3.18. The number of fused-ring (bicyclic) bond motifs is 1. The van der Waals surface area contributed by atoms with Crippen LogP contribution in [0.15, 0.2) is 63.8 Å². The zero-order valence-electron chi connectivity index (χ0n) is 11.3. The van der Waals surface area contributed by atoms with Crippen molar-refractivity contribution in [2.75, 3.05) is 11.9 Å². The molecule has 2 aromatic carbocycles. The van der Waals surface area contributed by atoms with E-state index in [1.165, 1.54) is 0 Å². The van der Waals surface area contributed by atoms with Crippen molar-refractivity contribution < 1.29 is 9.21 Å². The first-order chi connectivity index (χ1) is 10.3. The smallest absolute Gasteiger partial charge is 0.407 e. The maximum atomic E-state index is 12.2. The van der Waals surface area contributed by atoms with Crippen LogP contribution >= 0.6 is 0 Å². The van der Waals surface area contributed by atoms with E-state index in [1.807, 2.05) is 30.3 Å². The first-order valence-corrected chi connectivity index (χ1v) is 6.68. The molecule has 21 heavy (non-hydrogen) atoms. The molecule has 106 valence electrons. The molecule has 5 heteroatoms. The third kappa shape index (κ3) is 2.72. The van der Waals surface area contributed by atoms with Crippen LogP contribution in [0.2, 0.25) is 0 Å². The molecule has 1 aromatic heterocycles. The average molecular weight is 282 g/mol. The van der Waals surface area contributed by atoms with Crippen molar-refractivity contribution in [3.8, 4) is 0 Å². The van der Waals surface area contributed by atoms with Crippen LogP contribution in [0.5, 0.6) is 0 Å². The Morgan fingerprint density at radius 1 is 1.05 bits per heavy atom. The summed E-state index contributed by atoms with van der Waals surface area (Å²) in [5, 5.41) is 3.14. The summed E-state index contributed by atoms with van der Waals surface area (Å²) in [7, 11) is 0. The Balaban J connectivity index is 1.73. The van der Waals surface area contributed by atoms with Gasteiger partial charge in [0.05, 0.1) is 5.52 Å². The number of nitrogens with zero attached hydrogens (tertiary/aromatic N) is 1. The molecule has 0 fully saturated rings. The Morgan fingerprint density at radius 3 is 2.57 bits per heavy atom. The Labute approximate surface area is 120 Å². The van der Waals surface area contributed by atoms with Crippen molar-refractivity contribution >= 4 is 22.7 Å². The highest BCUT2D eigenvalue weighted by atomic mass is 16.4. The summed E-state index contributed by atoms with van der Waals surface area (Å²) in [6.07, 6.45) is 0.207. The number of anilines is 1. The van der Waals surface area contributed by atoms with E-state index < -0.39 is 5.76 Å². The molecule has 0 bridgehead atoms. The van der Waals surface area contributed by atoms with Crippen LogP contribution in [0, 0.1) is 0 Å². The van der Waals surface area contributed by atoms with Gasteiger partial charge in [-0.05, 0) is 24.3 Å². The number of benzene rings is 2. The zero-order valence-corrected chi connectivity index (χ0v) is 11.3. The van der Waals surface area contributed by atoms with E-state index in [4.69, 9.17) is 4.42 Å². The fraction of sp³-hybridized carbons (Fsp3) is 0.125. The maximum absolute atomic E-state index is 12.2. The molecule has 5 nitrogen and oxygen atoms in total. The molecule has 0 unspecified atom stereocenters. The molecule has 0 aliphatic heterocycles. The minimum atomic E-state index is -0.638. The highest BCUT2D eigenvalue weighted by Gasteiger charge is 2.14. The minimum absolute atomic E-state index is 0.207. The van der Waals surface area contributed by atoms with Gasteiger partial charge in [0, 0.05) is 18.7 Å². The lowest BCUT2D eigenvalue weighted by Crippen LogP contribution is -2.24. The van der Waals surface area contributed by atoms with Gasteiger partial charge in [-0.1, -0.05) is 30.3 Å². The topological polar surface area (TPSA) is 64.2 Å². The van der Waals surface area contributed by atoms with Gasteiger partial charge in [-0.15, -0.1) is 0 Å². The SMILES string of the molecule is O=C(CCNc1ccccc1)n1c(=O)oc2ccccc21. The van der Waals surface area contributed by atoms with E-state index in [1.54, 1.807) is 24.3 Å². The van der Waals surface area contributed by atoms with Gasteiger partial charge >= 0.3 is 5.76 Å². The van der Waals surface area contributed by atoms with Crippen molar-refractivity contribution in [1.29, 1.82) is 0 Å². The lowest BCUT2D eigenvalue weighted by atomic mass is 10.3. The number of hydrogen-bond donors (Lipinski definition) is 1. The van der Waals surface area contributed by atoms with Crippen LogP contribution in [0.3, 0.4) is 0 Å². The van der Waals surface area contributed by atoms with Crippen LogP contribution in [-0.4, -0.2) is 17.0 Å². The summed E-state index contributed by atoms with van der Waals surface area (Å²) >= 11 is 0. The van der Waals surface area contributed by atoms with Crippen LogP contribution in [0.1, 0.15) is 11.2 Å². The summed E-state index contributed by atoms with van der Waals surface area (Å²) in [6, 6.07) is 16.5. The molecule has 1 N–H and O–H groups in total. The van der Waals surface area contributed by atoms with Crippen molar-refractivity contribution in [1.82, 2.24) is 4.57 Å². The van der Waals surface area contributed by atoms with Gasteiger partial charge in [0.15, 0.2) is 5.58 Å². The van der Waals surface area contributed by atoms with E-state index in [2.05, 4.69) is 5.32 Å². The second-order valence-electron chi connectivity index (χ2n) is 4.61. The third-order valence-corrected chi connectivity index (χ3v) is 3.18. The van der Waals surface area contributed by atoms with Crippen LogP contribution < -0.4 is 11.1 Å². The molecule has 0 amide bonds. The fourth-order valence-electron chi connectivity index (χ4n) is 2.18. The second-order valence-corrected chi connectivity index (χ2v) is 4.61. The van der Waals surface area contributed by atoms with Gasteiger partial charge in [0.25, 0.3) is 0 Å². The highest BCUT2D eigenvalue weighted by Crippen LogP contribution is 2.12. The molecule has 0 saturated heterocycles. The first-order valence-electron chi connectivity index (χ1n) is 6.68. The Morgan fingerprint density at radius 2 is 1.76 bits per heavy atom. The van der Waals surface area contributed by atoms with Crippen LogP contribution in [0.4, 0.5) is 5.69 Å². The van der Waals surface area contributed by atoms with E-state index in [9.17, 15) is 9.59 Å². The Hall–Kier alpha value is -2.82. The molecule has 3 rings (SSSR count). The number of rotatable bonds is 4. The average Bonchev–Trinajstić information content (AvgIpc) is 2.84. The van der Waals surface area contributed by atoms with Gasteiger partial charge < -0.3 is 9.73 Å². The predicted octanol–water partition coefficient (Wildman–Crippen LogP) is 2.74. The Kier molecular flexibility index (Phi) is 3.55. The van der Waals surface area contributed by atoms with Gasteiger partial charge in [-0.2, -0.15) is 0 Å². The highest BCUT2D eigenvalue weighted by molar-refractivity contribution is 5.89. The summed E-state index contributed by atoms with van der Waals surface area (Å²) in [5.41, 5.74) is 1.87. The number of carbonyl (C=O) groups excluding carboxylic acids is 1. The number of nitrogens with one attached hydrogen (secondary N) is 1. The van der Waals surface area contributed by atoms with E-state index in [-0.39, 0.29) is 12.3 Å². The summed E-state index contributed by atoms with van der Waals surface area (Å²) in [4.78, 5) is 24.0. The van der Waals surface area contributed by atoms with Gasteiger partial charge in [0.1, 0.15) is 0 Å². The lowest BCUT2D eigenvalue weighted by Gasteiger charge is -2.05. The lowest BCUT2D eigenvalue weighted by molar-refractivity contribution is 0.0903. The van der Waals surface area contributed by atoms with Crippen molar-refractivity contribution in [3.63, 3.8) is 0 Å². The normalized spacial score (nSPS) is 10.7. The molecule has 0 spiro atoms.